The van der Waals surface area contributed by atoms with E-state index in [-0.39, 0.29) is 0 Å². The van der Waals surface area contributed by atoms with E-state index >= 15 is 0 Å². The summed E-state index contributed by atoms with van der Waals surface area (Å²) in [5.41, 5.74) is 28.0. The van der Waals surface area contributed by atoms with Gasteiger partial charge in [-0.15, -0.1) is 22.7 Å². The molecule has 0 bridgehead atoms. The van der Waals surface area contributed by atoms with Gasteiger partial charge in [0.25, 0.3) is 0 Å². The first-order valence-corrected chi connectivity index (χ1v) is 51.4. The van der Waals surface area contributed by atoms with Crippen LogP contribution < -0.4 is 0 Å². The lowest BCUT2D eigenvalue weighted by Gasteiger charge is -2.12. The third kappa shape index (κ3) is 16.2. The van der Waals surface area contributed by atoms with E-state index in [4.69, 9.17) is 62.5 Å². The molecule has 13 nitrogen and oxygen atoms in total. The maximum Gasteiger partial charge on any atom is 0.164 e. The van der Waals surface area contributed by atoms with E-state index in [1.165, 1.54) is 40.5 Å². The molecule has 9 heterocycles. The summed E-state index contributed by atoms with van der Waals surface area (Å²) < 4.78 is 30.8. The van der Waals surface area contributed by atoms with E-state index < -0.39 is 0 Å². The fourth-order valence-corrected chi connectivity index (χ4v) is 23.1. The summed E-state index contributed by atoms with van der Waals surface area (Å²) in [7, 11) is 0. The van der Waals surface area contributed by atoms with E-state index in [0.717, 1.165) is 204 Å². The molecule has 150 heavy (non-hydrogen) atoms. The molecule has 30 rings (SSSR count). The monoisotopic (exact) mass is 1960 g/mol. The van der Waals surface area contributed by atoms with Crippen LogP contribution in [0, 0.1) is 0 Å². The Morgan fingerprint density at radius 3 is 0.987 bits per heavy atom. The quantitative estimate of drug-likeness (QED) is 0.0951. The number of hydrogen-bond acceptors (Lipinski definition) is 15. The molecule has 702 valence electrons. The Kier molecular flexibility index (Phi) is 22.0. The summed E-state index contributed by atoms with van der Waals surface area (Å²) in [6.07, 6.45) is 0. The molecule has 0 aliphatic carbocycles. The standard InChI is InChI=1S/C45H27N3O2.2C45H27N3OS/c1-3-13-28(14-4-1)30-17-9-18-31(27-30)43-46-44(35-22-11-25-38-40(35)33-19-7-8-24-37(33)49-38)48-45(47-43)36-23-12-26-39-41(36)34-21-10-20-32(42(34)50-39)29-15-5-2-6-16-29;1-3-12-28(13-4-1)30-22-24-31(25-23-30)43-46-44(35-18-11-21-40-42(35)34-17-8-10-20-39(34)50-40)48-45(47-43)36-26-32(29-14-5-2-6-15-29)27-38-41(36)33-16-7-9-19-37(33)49-38;1-3-11-28(12-4-1)30-15-9-16-31(25-30)43-46-44(48-45(47-43)33-22-24-41-38(27-33)35-17-7-8-20-40(35)50-41)32-21-23-39-37(26-32)36-19-10-18-34(42(36)49-39)29-13-5-2-6-14-29/h3*1-27H. The van der Waals surface area contributed by atoms with E-state index in [1.54, 1.807) is 22.7 Å². The van der Waals surface area contributed by atoms with Crippen molar-refractivity contribution in [3.63, 3.8) is 0 Å². The molecule has 9 aromatic heterocycles. The Bertz CT molecular complexity index is 10500. The largest absolute Gasteiger partial charge is 0.456 e. The maximum absolute atomic E-state index is 6.61. The van der Waals surface area contributed by atoms with Crippen molar-refractivity contribution in [3.05, 3.63) is 491 Å². The van der Waals surface area contributed by atoms with Crippen molar-refractivity contribution in [3.8, 4) is 169 Å². The second-order valence-electron chi connectivity index (χ2n) is 37.2. The molecule has 0 aliphatic heterocycles. The molecule has 0 saturated carbocycles. The molecular weight excluding hydrogens is 1880 g/mol. The lowest BCUT2D eigenvalue weighted by Crippen LogP contribution is -2.01. The van der Waals surface area contributed by atoms with Gasteiger partial charge in [0.05, 0.1) is 0 Å². The normalized spacial score (nSPS) is 11.6. The second-order valence-corrected chi connectivity index (χ2v) is 39.3. The van der Waals surface area contributed by atoms with Crippen molar-refractivity contribution in [1.29, 1.82) is 0 Å². The number of benzene rings is 21. The van der Waals surface area contributed by atoms with Crippen LogP contribution in [-0.2, 0) is 0 Å². The zero-order chi connectivity index (χ0) is 99.1. The summed E-state index contributed by atoms with van der Waals surface area (Å²) in [5, 5.41) is 12.9. The van der Waals surface area contributed by atoms with Gasteiger partial charge in [-0.2, -0.15) is 0 Å². The van der Waals surface area contributed by atoms with Gasteiger partial charge in [-0.05, 0) is 159 Å². The Morgan fingerprint density at radius 1 is 0.127 bits per heavy atom. The summed E-state index contributed by atoms with van der Waals surface area (Å²) in [5.74, 6) is 5.45. The van der Waals surface area contributed by atoms with E-state index in [0.29, 0.717) is 52.4 Å². The Hall–Kier alpha value is -19.7. The van der Waals surface area contributed by atoms with E-state index in [2.05, 4.69) is 370 Å². The molecule has 30 aromatic rings. The third-order valence-electron chi connectivity index (χ3n) is 28.0. The lowest BCUT2D eigenvalue weighted by molar-refractivity contribution is 0.668. The van der Waals surface area contributed by atoms with Crippen molar-refractivity contribution in [2.45, 2.75) is 0 Å². The average molecular weight is 1960 g/mol. The molecule has 0 fully saturated rings. The smallest absolute Gasteiger partial charge is 0.164 e. The first-order valence-electron chi connectivity index (χ1n) is 49.8. The number of nitrogens with zero attached hydrogens (tertiary/aromatic N) is 9. The Morgan fingerprint density at radius 2 is 0.427 bits per heavy atom. The van der Waals surface area contributed by atoms with Crippen LogP contribution in [0.25, 0.3) is 297 Å². The predicted molar refractivity (Wildman–Crippen MR) is 616 cm³/mol. The van der Waals surface area contributed by atoms with Gasteiger partial charge in [0.15, 0.2) is 52.4 Å². The van der Waals surface area contributed by atoms with Crippen LogP contribution in [0.5, 0.6) is 0 Å². The minimum absolute atomic E-state index is 0.568. The Labute approximate surface area is 867 Å². The SMILES string of the molecule is c1ccc(-c2ccc(-c3nc(-c4cc(-c5ccccc5)cc5oc6ccccc6c45)nc(-c4cccc5sc6ccccc6c45)n3)cc2)cc1.c1ccc(-c2cccc(-c3nc(-c4ccc5oc6c(-c7ccccc7)cccc6c5c4)nc(-c4ccc5sc6ccccc6c5c4)n3)c2)cc1.c1ccc(-c2cccc(-c3nc(-c4cccc5oc6ccccc6c45)nc(-c4cccc5oc6c(-c7ccccc7)cccc6c45)n3)c2)cc1. The van der Waals surface area contributed by atoms with Crippen LogP contribution in [-0.4, -0.2) is 44.9 Å². The summed E-state index contributed by atoms with van der Waals surface area (Å²) in [6.45, 7) is 0. The van der Waals surface area contributed by atoms with Gasteiger partial charge in [0.2, 0.25) is 0 Å². The van der Waals surface area contributed by atoms with Crippen LogP contribution in [0.4, 0.5) is 0 Å². The van der Waals surface area contributed by atoms with Crippen molar-refractivity contribution in [2.24, 2.45) is 0 Å². The summed E-state index contributed by atoms with van der Waals surface area (Å²) in [4.78, 5) is 46.7. The molecule has 0 radical (unpaired) electrons. The number of fused-ring (bicyclic) bond motifs is 18. The second kappa shape index (κ2) is 37.5. The summed E-state index contributed by atoms with van der Waals surface area (Å²) in [6, 6.07) is 169. The molecule has 0 amide bonds. The van der Waals surface area contributed by atoms with Crippen LogP contribution in [0.3, 0.4) is 0 Å². The summed E-state index contributed by atoms with van der Waals surface area (Å²) >= 11 is 3.60. The van der Waals surface area contributed by atoms with Crippen LogP contribution >= 0.6 is 22.7 Å². The van der Waals surface area contributed by atoms with Crippen LogP contribution in [0.1, 0.15) is 0 Å². The minimum Gasteiger partial charge on any atom is -0.456 e. The van der Waals surface area contributed by atoms with Crippen molar-refractivity contribution < 1.29 is 17.7 Å². The highest BCUT2D eigenvalue weighted by Crippen LogP contribution is 2.49. The molecule has 0 aliphatic rings. The lowest BCUT2D eigenvalue weighted by atomic mass is 9.98. The molecular formula is C135H81N9O4S2. The number of thiophene rings is 2. The number of rotatable bonds is 15. The zero-order valence-electron chi connectivity index (χ0n) is 80.2. The molecule has 21 aromatic carbocycles. The third-order valence-corrected chi connectivity index (χ3v) is 30.3. The Balaban J connectivity index is 0.000000108. The van der Waals surface area contributed by atoms with Gasteiger partial charge in [-0.25, -0.2) is 44.9 Å². The highest BCUT2D eigenvalue weighted by atomic mass is 32.1. The number of furan rings is 4. The fourth-order valence-electron chi connectivity index (χ4n) is 20.9. The van der Waals surface area contributed by atoms with E-state index in [9.17, 15) is 0 Å². The topological polar surface area (TPSA) is 169 Å². The fraction of sp³-hybridized carbons (Fsp3) is 0. The zero-order valence-corrected chi connectivity index (χ0v) is 81.9. The molecule has 0 N–H and O–H groups in total. The van der Waals surface area contributed by atoms with Gasteiger partial charge in [0.1, 0.15) is 44.7 Å². The predicted octanol–water partition coefficient (Wildman–Crippen LogP) is 37.0. The molecule has 0 unspecified atom stereocenters. The van der Waals surface area contributed by atoms with Gasteiger partial charge >= 0.3 is 0 Å². The number of hydrogen-bond donors (Lipinski definition) is 0. The van der Waals surface area contributed by atoms with Gasteiger partial charge in [0, 0.05) is 145 Å². The molecule has 0 spiro atoms. The number of aromatic nitrogens is 9. The minimum atomic E-state index is 0.568. The van der Waals surface area contributed by atoms with Crippen molar-refractivity contribution in [2.75, 3.05) is 0 Å². The average Bonchev–Trinajstić information content (AvgIpc) is 1.57. The first-order chi connectivity index (χ1) is 74.3. The molecule has 0 atom stereocenters. The maximum atomic E-state index is 6.61. The van der Waals surface area contributed by atoms with Crippen molar-refractivity contribution >= 4 is 151 Å². The molecule has 0 saturated heterocycles. The number of para-hydroxylation sites is 4. The highest BCUT2D eigenvalue weighted by Gasteiger charge is 2.28. The van der Waals surface area contributed by atoms with Gasteiger partial charge < -0.3 is 17.7 Å². The first kappa shape index (κ1) is 88.0. The van der Waals surface area contributed by atoms with Crippen LogP contribution in [0.2, 0.25) is 0 Å². The highest BCUT2D eigenvalue weighted by molar-refractivity contribution is 7.26. The molecule has 15 heteroatoms. The van der Waals surface area contributed by atoms with Crippen molar-refractivity contribution in [1.82, 2.24) is 44.9 Å². The van der Waals surface area contributed by atoms with Gasteiger partial charge in [-0.3, -0.25) is 0 Å². The van der Waals surface area contributed by atoms with E-state index in [1.807, 2.05) is 121 Å². The van der Waals surface area contributed by atoms with Gasteiger partial charge in [-0.1, -0.05) is 388 Å². The van der Waals surface area contributed by atoms with Crippen LogP contribution in [0.15, 0.2) is 509 Å².